The van der Waals surface area contributed by atoms with Gasteiger partial charge in [0.05, 0.1) is 31.7 Å². The number of rotatable bonds is 8. The first-order valence-corrected chi connectivity index (χ1v) is 16.1. The number of carbonyl (C=O) groups is 2. The third kappa shape index (κ3) is 7.07. The van der Waals surface area contributed by atoms with Gasteiger partial charge in [0.25, 0.3) is 5.91 Å². The lowest BCUT2D eigenvalue weighted by Crippen LogP contribution is -2.46. The summed E-state index contributed by atoms with van der Waals surface area (Å²) in [7, 11) is 5.01. The summed E-state index contributed by atoms with van der Waals surface area (Å²) in [5.41, 5.74) is 3.58. The molecule has 256 valence electrons. The van der Waals surface area contributed by atoms with Gasteiger partial charge in [0.2, 0.25) is 5.91 Å². The van der Waals surface area contributed by atoms with E-state index in [2.05, 4.69) is 22.2 Å². The Morgan fingerprint density at radius 2 is 1.53 bits per heavy atom. The predicted octanol–water partition coefficient (Wildman–Crippen LogP) is 6.90. The van der Waals surface area contributed by atoms with E-state index in [1.54, 1.807) is 23.1 Å². The van der Waals surface area contributed by atoms with Gasteiger partial charge in [-0.3, -0.25) is 9.59 Å². The van der Waals surface area contributed by atoms with Gasteiger partial charge in [-0.15, -0.1) is 0 Å². The molecule has 2 aliphatic rings. The predicted molar refractivity (Wildman–Crippen MR) is 182 cm³/mol. The molecule has 2 atom stereocenters. The Hall–Kier alpha value is -5.03. The highest BCUT2D eigenvalue weighted by atomic mass is 19.4. The van der Waals surface area contributed by atoms with Crippen LogP contribution in [-0.2, 0) is 17.5 Å². The molecule has 2 heterocycles. The van der Waals surface area contributed by atoms with Crippen molar-refractivity contribution < 1.29 is 32.2 Å². The highest BCUT2D eigenvalue weighted by molar-refractivity contribution is 6.05. The molecule has 0 saturated carbocycles. The van der Waals surface area contributed by atoms with Crippen LogP contribution >= 0.6 is 0 Å². The molecule has 0 bridgehead atoms. The number of likely N-dealkylation sites (N-methyl/N-ethyl adjacent to an activating group) is 1. The summed E-state index contributed by atoms with van der Waals surface area (Å²) in [6.45, 7) is 5.59. The second-order valence-corrected chi connectivity index (χ2v) is 12.6. The fraction of sp³-hybridized carbons (Fsp3) is 0.316. The van der Waals surface area contributed by atoms with Crippen LogP contribution < -0.4 is 19.7 Å². The van der Waals surface area contributed by atoms with E-state index >= 15 is 0 Å². The third-order valence-corrected chi connectivity index (χ3v) is 9.35. The Labute approximate surface area is 284 Å². The molecule has 8 nitrogen and oxygen atoms in total. The fourth-order valence-electron chi connectivity index (χ4n) is 6.62. The van der Waals surface area contributed by atoms with E-state index in [1.165, 1.54) is 26.4 Å². The number of nitrogens with zero attached hydrogens (tertiary/aromatic N) is 3. The van der Waals surface area contributed by atoms with Crippen molar-refractivity contribution in [2.24, 2.45) is 0 Å². The number of halogens is 3. The van der Waals surface area contributed by atoms with Crippen molar-refractivity contribution in [1.29, 1.82) is 0 Å². The lowest BCUT2D eigenvalue weighted by atomic mass is 9.78. The monoisotopic (exact) mass is 672 g/mol. The molecule has 0 aromatic heterocycles. The molecule has 2 amide bonds. The van der Waals surface area contributed by atoms with E-state index in [0.29, 0.717) is 28.3 Å². The number of piperazine rings is 1. The summed E-state index contributed by atoms with van der Waals surface area (Å²) < 4.78 is 52.1. The van der Waals surface area contributed by atoms with Crippen LogP contribution in [0.2, 0.25) is 0 Å². The zero-order valence-corrected chi connectivity index (χ0v) is 27.9. The zero-order chi connectivity index (χ0) is 34.9. The van der Waals surface area contributed by atoms with Gasteiger partial charge >= 0.3 is 6.18 Å². The van der Waals surface area contributed by atoms with Crippen molar-refractivity contribution in [3.63, 3.8) is 0 Å². The van der Waals surface area contributed by atoms with Crippen molar-refractivity contribution >= 4 is 23.2 Å². The molecule has 4 aromatic carbocycles. The van der Waals surface area contributed by atoms with Gasteiger partial charge in [-0.25, -0.2) is 0 Å². The van der Waals surface area contributed by atoms with E-state index in [9.17, 15) is 22.8 Å². The van der Waals surface area contributed by atoms with Crippen LogP contribution in [0.1, 0.15) is 50.1 Å². The molecule has 1 N–H and O–H groups in total. The first kappa shape index (κ1) is 33.9. The number of amides is 2. The first-order valence-electron chi connectivity index (χ1n) is 16.1. The Balaban J connectivity index is 1.47. The molecule has 1 fully saturated rings. The maximum atomic E-state index is 14.7. The molecule has 6 rings (SSSR count). The Bertz CT molecular complexity index is 1820. The summed E-state index contributed by atoms with van der Waals surface area (Å²) in [5, 5.41) is 3.08. The number of alkyl halides is 3. The summed E-state index contributed by atoms with van der Waals surface area (Å²) in [6.07, 6.45) is -4.55. The number of hydrogen-bond acceptors (Lipinski definition) is 6. The second-order valence-electron chi connectivity index (χ2n) is 12.6. The summed E-state index contributed by atoms with van der Waals surface area (Å²) in [5.74, 6) is -1.20. The van der Waals surface area contributed by atoms with E-state index in [0.717, 1.165) is 55.1 Å². The minimum Gasteiger partial charge on any atom is -0.493 e. The van der Waals surface area contributed by atoms with E-state index < -0.39 is 29.6 Å². The normalized spacial score (nSPS) is 18.2. The second kappa shape index (κ2) is 13.8. The Morgan fingerprint density at radius 3 is 2.16 bits per heavy atom. The van der Waals surface area contributed by atoms with E-state index in [1.807, 2.05) is 49.4 Å². The molecule has 4 aromatic rings. The smallest absolute Gasteiger partial charge is 0.416 e. The van der Waals surface area contributed by atoms with Crippen molar-refractivity contribution in [1.82, 2.24) is 9.80 Å². The van der Waals surface area contributed by atoms with Crippen LogP contribution in [0.4, 0.5) is 24.5 Å². The number of aryl methyl sites for hydroxylation is 1. The SMILES string of the molecule is COc1cc2c(cc1OC)[C@@H](C(=O)Nc1cccc(N3CCN(C)CC3)c1)[C@H](c1ccc(C(F)(F)F)cc1)N(Cc1ccc(C)cc1)C2=O. The lowest BCUT2D eigenvalue weighted by Gasteiger charge is -2.42. The van der Waals surface area contributed by atoms with Gasteiger partial charge < -0.3 is 29.5 Å². The van der Waals surface area contributed by atoms with Gasteiger partial charge in [0, 0.05) is 49.7 Å². The van der Waals surface area contributed by atoms with Gasteiger partial charge in [-0.2, -0.15) is 13.2 Å². The average molecular weight is 673 g/mol. The summed E-state index contributed by atoms with van der Waals surface area (Å²) >= 11 is 0. The highest BCUT2D eigenvalue weighted by Crippen LogP contribution is 2.47. The molecule has 11 heteroatoms. The number of nitrogens with one attached hydrogen (secondary N) is 1. The molecule has 1 saturated heterocycles. The van der Waals surface area contributed by atoms with Gasteiger partial charge in [0.15, 0.2) is 11.5 Å². The Kier molecular flexibility index (Phi) is 9.56. The standard InChI is InChI=1S/C38H39F3N4O4/c1-24-8-10-25(11-9-24)23-45-35(26-12-14-27(15-13-26)38(39,40)41)34(30-21-32(48-3)33(49-4)22-31(30)37(45)47)36(46)42-28-6-5-7-29(20-28)44-18-16-43(2)17-19-44/h5-15,20-22,34-35H,16-19,23H2,1-4H3,(H,42,46)/t34-,35+/m1/s1. The van der Waals surface area contributed by atoms with Crippen LogP contribution in [0.3, 0.4) is 0 Å². The zero-order valence-electron chi connectivity index (χ0n) is 27.9. The van der Waals surface area contributed by atoms with E-state index in [4.69, 9.17) is 9.47 Å². The molecule has 49 heavy (non-hydrogen) atoms. The molecule has 0 radical (unpaired) electrons. The highest BCUT2D eigenvalue weighted by Gasteiger charge is 2.45. The number of hydrogen-bond donors (Lipinski definition) is 1. The van der Waals surface area contributed by atoms with Gasteiger partial charge in [0.1, 0.15) is 0 Å². The Morgan fingerprint density at radius 1 is 0.878 bits per heavy atom. The van der Waals surface area contributed by atoms with Crippen LogP contribution in [0.25, 0.3) is 0 Å². The first-order chi connectivity index (χ1) is 23.5. The molecular formula is C38H39F3N4O4. The van der Waals surface area contributed by atoms with Crippen molar-refractivity contribution in [2.45, 2.75) is 31.6 Å². The summed E-state index contributed by atoms with van der Waals surface area (Å²) in [6, 6.07) is 22.2. The molecular weight excluding hydrogens is 633 g/mol. The number of benzene rings is 4. The van der Waals surface area contributed by atoms with Crippen molar-refractivity contribution in [2.75, 3.05) is 57.7 Å². The maximum absolute atomic E-state index is 14.7. The van der Waals surface area contributed by atoms with Gasteiger partial charge in [-0.05, 0) is 73.1 Å². The van der Waals surface area contributed by atoms with Crippen LogP contribution in [0.5, 0.6) is 11.5 Å². The molecule has 0 unspecified atom stereocenters. The van der Waals surface area contributed by atoms with Crippen LogP contribution in [0, 0.1) is 6.92 Å². The largest absolute Gasteiger partial charge is 0.493 e. The topological polar surface area (TPSA) is 74.4 Å². The number of fused-ring (bicyclic) bond motifs is 1. The van der Waals surface area contributed by atoms with Crippen molar-refractivity contribution in [3.05, 3.63) is 118 Å². The number of ether oxygens (including phenoxy) is 2. The number of anilines is 2. The quantitative estimate of drug-likeness (QED) is 0.220. The number of methoxy groups -OCH3 is 2. The van der Waals surface area contributed by atoms with Crippen LogP contribution in [0.15, 0.2) is 84.9 Å². The minimum atomic E-state index is -4.55. The summed E-state index contributed by atoms with van der Waals surface area (Å²) in [4.78, 5) is 35.2. The third-order valence-electron chi connectivity index (χ3n) is 9.35. The molecule has 2 aliphatic heterocycles. The minimum absolute atomic E-state index is 0.112. The fourth-order valence-corrected chi connectivity index (χ4v) is 6.62. The van der Waals surface area contributed by atoms with Gasteiger partial charge in [-0.1, -0.05) is 48.0 Å². The average Bonchev–Trinajstić information content (AvgIpc) is 3.09. The van der Waals surface area contributed by atoms with Crippen LogP contribution in [-0.4, -0.2) is 69.1 Å². The van der Waals surface area contributed by atoms with Crippen molar-refractivity contribution in [3.8, 4) is 11.5 Å². The van der Waals surface area contributed by atoms with E-state index in [-0.39, 0.29) is 18.0 Å². The lowest BCUT2D eigenvalue weighted by molar-refractivity contribution is -0.137. The number of carbonyl (C=O) groups excluding carboxylic acids is 2. The molecule has 0 aliphatic carbocycles. The maximum Gasteiger partial charge on any atom is 0.416 e. The molecule has 0 spiro atoms.